The highest BCUT2D eigenvalue weighted by Crippen LogP contribution is 2.15. The molecule has 20 heavy (non-hydrogen) atoms. The summed E-state index contributed by atoms with van der Waals surface area (Å²) in [7, 11) is 0. The number of hydrogen-bond acceptors (Lipinski definition) is 3. The van der Waals surface area contributed by atoms with Crippen LogP contribution < -0.4 is 11.1 Å². The summed E-state index contributed by atoms with van der Waals surface area (Å²) in [6.07, 6.45) is 4.63. The standard InChI is InChI=1S/C16H24N2O2/c1-12-5-7-13(8-6-12)15(17)16(19)18-10-9-14-4-2-3-11-20-14/h5-8,14-15H,2-4,9-11,17H2,1H3,(H,18,19). The number of nitrogens with two attached hydrogens (primary N) is 1. The summed E-state index contributed by atoms with van der Waals surface area (Å²) in [5.74, 6) is -0.121. The molecular weight excluding hydrogens is 252 g/mol. The van der Waals surface area contributed by atoms with Gasteiger partial charge < -0.3 is 15.8 Å². The number of hydrogen-bond donors (Lipinski definition) is 2. The van der Waals surface area contributed by atoms with Crippen molar-refractivity contribution in [2.75, 3.05) is 13.2 Å². The molecule has 0 saturated carbocycles. The number of nitrogens with one attached hydrogen (secondary N) is 1. The van der Waals surface area contributed by atoms with Gasteiger partial charge in [0.1, 0.15) is 6.04 Å². The molecule has 1 aliphatic rings. The monoisotopic (exact) mass is 276 g/mol. The van der Waals surface area contributed by atoms with Crippen molar-refractivity contribution in [3.05, 3.63) is 35.4 Å². The first-order valence-corrected chi connectivity index (χ1v) is 7.38. The Kier molecular flexibility index (Phi) is 5.56. The van der Waals surface area contributed by atoms with Gasteiger partial charge in [-0.05, 0) is 38.2 Å². The van der Waals surface area contributed by atoms with E-state index in [9.17, 15) is 4.79 Å². The molecule has 0 radical (unpaired) electrons. The summed E-state index contributed by atoms with van der Waals surface area (Å²) >= 11 is 0. The minimum absolute atomic E-state index is 0.121. The minimum atomic E-state index is -0.595. The van der Waals surface area contributed by atoms with Gasteiger partial charge in [-0.2, -0.15) is 0 Å². The van der Waals surface area contributed by atoms with Crippen molar-refractivity contribution < 1.29 is 9.53 Å². The number of rotatable bonds is 5. The summed E-state index contributed by atoms with van der Waals surface area (Å²) < 4.78 is 5.64. The molecule has 1 fully saturated rings. The molecular formula is C16H24N2O2. The van der Waals surface area contributed by atoms with E-state index in [0.717, 1.165) is 37.0 Å². The highest BCUT2D eigenvalue weighted by atomic mass is 16.5. The topological polar surface area (TPSA) is 64.4 Å². The van der Waals surface area contributed by atoms with Gasteiger partial charge in [0.25, 0.3) is 0 Å². The van der Waals surface area contributed by atoms with Gasteiger partial charge in [0.15, 0.2) is 0 Å². The van der Waals surface area contributed by atoms with Crippen LogP contribution in [0.25, 0.3) is 0 Å². The van der Waals surface area contributed by atoms with Crippen LogP contribution in [0.15, 0.2) is 24.3 Å². The number of ether oxygens (including phenoxy) is 1. The second-order valence-electron chi connectivity index (χ2n) is 5.46. The molecule has 0 aliphatic carbocycles. The van der Waals surface area contributed by atoms with E-state index in [1.165, 1.54) is 6.42 Å². The average molecular weight is 276 g/mol. The van der Waals surface area contributed by atoms with Crippen molar-refractivity contribution in [3.8, 4) is 0 Å². The summed E-state index contributed by atoms with van der Waals surface area (Å²) in [4.78, 5) is 12.0. The molecule has 2 unspecified atom stereocenters. The molecule has 3 N–H and O–H groups in total. The van der Waals surface area contributed by atoms with Crippen LogP contribution in [0.1, 0.15) is 42.9 Å². The van der Waals surface area contributed by atoms with E-state index in [2.05, 4.69) is 5.32 Å². The maximum Gasteiger partial charge on any atom is 0.241 e. The van der Waals surface area contributed by atoms with Crippen molar-refractivity contribution in [2.24, 2.45) is 5.73 Å². The lowest BCUT2D eigenvalue weighted by Gasteiger charge is -2.22. The van der Waals surface area contributed by atoms with E-state index < -0.39 is 6.04 Å². The van der Waals surface area contributed by atoms with Crippen LogP contribution in [0.5, 0.6) is 0 Å². The zero-order valence-corrected chi connectivity index (χ0v) is 12.1. The predicted octanol–water partition coefficient (Wildman–Crippen LogP) is 2.07. The Morgan fingerprint density at radius 3 is 2.80 bits per heavy atom. The maximum atomic E-state index is 12.0. The molecule has 1 aliphatic heterocycles. The summed E-state index contributed by atoms with van der Waals surface area (Å²) in [6.45, 7) is 3.49. The van der Waals surface area contributed by atoms with Crippen LogP contribution >= 0.6 is 0 Å². The maximum absolute atomic E-state index is 12.0. The third kappa shape index (κ3) is 4.32. The highest BCUT2D eigenvalue weighted by molar-refractivity contribution is 5.82. The van der Waals surface area contributed by atoms with E-state index in [-0.39, 0.29) is 5.91 Å². The second kappa shape index (κ2) is 7.41. The third-order valence-electron chi connectivity index (χ3n) is 3.76. The normalized spacial score (nSPS) is 20.4. The zero-order valence-electron chi connectivity index (χ0n) is 12.1. The summed E-state index contributed by atoms with van der Waals surface area (Å²) in [5.41, 5.74) is 7.98. The molecule has 4 heteroatoms. The third-order valence-corrected chi connectivity index (χ3v) is 3.76. The van der Waals surface area contributed by atoms with Gasteiger partial charge in [0, 0.05) is 13.2 Å². The molecule has 1 saturated heterocycles. The molecule has 0 aromatic heterocycles. The van der Waals surface area contributed by atoms with Crippen LogP contribution in [0, 0.1) is 6.92 Å². The number of benzene rings is 1. The Hall–Kier alpha value is -1.39. The van der Waals surface area contributed by atoms with Gasteiger partial charge in [0.05, 0.1) is 6.10 Å². The fourth-order valence-electron chi connectivity index (χ4n) is 2.43. The SMILES string of the molecule is Cc1ccc(C(N)C(=O)NCCC2CCCCO2)cc1. The Morgan fingerprint density at radius 2 is 2.15 bits per heavy atom. The van der Waals surface area contributed by atoms with Crippen LogP contribution in [0.4, 0.5) is 0 Å². The van der Waals surface area contributed by atoms with Crippen LogP contribution in [0.2, 0.25) is 0 Å². The minimum Gasteiger partial charge on any atom is -0.378 e. The van der Waals surface area contributed by atoms with Crippen molar-refractivity contribution in [3.63, 3.8) is 0 Å². The highest BCUT2D eigenvalue weighted by Gasteiger charge is 2.17. The quantitative estimate of drug-likeness (QED) is 0.865. The van der Waals surface area contributed by atoms with Crippen LogP contribution in [0.3, 0.4) is 0 Å². The first-order chi connectivity index (χ1) is 9.66. The van der Waals surface area contributed by atoms with Gasteiger partial charge in [-0.1, -0.05) is 29.8 Å². The summed E-state index contributed by atoms with van der Waals surface area (Å²) in [5, 5.41) is 2.90. The lowest BCUT2D eigenvalue weighted by atomic mass is 10.0. The number of carbonyl (C=O) groups is 1. The van der Waals surface area contributed by atoms with Gasteiger partial charge in [-0.15, -0.1) is 0 Å². The smallest absolute Gasteiger partial charge is 0.241 e. The molecule has 0 spiro atoms. The Labute approximate surface area is 120 Å². The molecule has 2 atom stereocenters. The van der Waals surface area contributed by atoms with Crippen LogP contribution in [-0.2, 0) is 9.53 Å². The number of carbonyl (C=O) groups excluding carboxylic acids is 1. The van der Waals surface area contributed by atoms with E-state index in [1.54, 1.807) is 0 Å². The van der Waals surface area contributed by atoms with E-state index in [4.69, 9.17) is 10.5 Å². The Balaban J connectivity index is 1.74. The van der Waals surface area contributed by atoms with Crippen LogP contribution in [-0.4, -0.2) is 25.2 Å². The van der Waals surface area contributed by atoms with Gasteiger partial charge in [-0.25, -0.2) is 0 Å². The second-order valence-corrected chi connectivity index (χ2v) is 5.46. The van der Waals surface area contributed by atoms with Crippen molar-refractivity contribution in [1.29, 1.82) is 0 Å². The van der Waals surface area contributed by atoms with E-state index >= 15 is 0 Å². The van der Waals surface area contributed by atoms with Crippen molar-refractivity contribution in [1.82, 2.24) is 5.32 Å². The average Bonchev–Trinajstić information content (AvgIpc) is 2.48. The first kappa shape index (κ1) is 15.0. The Morgan fingerprint density at radius 1 is 1.40 bits per heavy atom. The number of amides is 1. The molecule has 1 heterocycles. The van der Waals surface area contributed by atoms with Gasteiger partial charge in [0.2, 0.25) is 5.91 Å². The lowest BCUT2D eigenvalue weighted by molar-refractivity contribution is -0.122. The van der Waals surface area contributed by atoms with Crippen molar-refractivity contribution >= 4 is 5.91 Å². The largest absolute Gasteiger partial charge is 0.378 e. The van der Waals surface area contributed by atoms with Crippen molar-refractivity contribution in [2.45, 2.75) is 44.8 Å². The molecule has 1 amide bonds. The zero-order chi connectivity index (χ0) is 14.4. The Bertz CT molecular complexity index is 425. The fourth-order valence-corrected chi connectivity index (χ4v) is 2.43. The first-order valence-electron chi connectivity index (χ1n) is 7.38. The van der Waals surface area contributed by atoms with E-state index in [0.29, 0.717) is 12.6 Å². The molecule has 0 bridgehead atoms. The number of aryl methyl sites for hydroxylation is 1. The van der Waals surface area contributed by atoms with Gasteiger partial charge in [-0.3, -0.25) is 4.79 Å². The fraction of sp³-hybridized carbons (Fsp3) is 0.562. The van der Waals surface area contributed by atoms with E-state index in [1.807, 2.05) is 31.2 Å². The molecule has 110 valence electrons. The van der Waals surface area contributed by atoms with Gasteiger partial charge >= 0.3 is 0 Å². The lowest BCUT2D eigenvalue weighted by Crippen LogP contribution is -2.36. The molecule has 1 aromatic carbocycles. The molecule has 2 rings (SSSR count). The summed E-state index contributed by atoms with van der Waals surface area (Å²) in [6, 6.07) is 7.16. The molecule has 1 aromatic rings. The predicted molar refractivity (Wildman–Crippen MR) is 79.3 cm³/mol. The molecule has 4 nitrogen and oxygen atoms in total.